The molecule has 3 aromatic carbocycles. The number of nitrogens with zero attached hydrogens (tertiary/aromatic N) is 2. The summed E-state index contributed by atoms with van der Waals surface area (Å²) < 4.78 is 13.3. The van der Waals surface area contributed by atoms with E-state index in [1.165, 1.54) is 22.6 Å². The van der Waals surface area contributed by atoms with Crippen LogP contribution in [0.3, 0.4) is 0 Å². The highest BCUT2D eigenvalue weighted by Crippen LogP contribution is 2.48. The van der Waals surface area contributed by atoms with Gasteiger partial charge in [-0.1, -0.05) is 48.5 Å². The summed E-state index contributed by atoms with van der Waals surface area (Å²) in [6.07, 6.45) is 2.94. The monoisotopic (exact) mass is 472 g/mol. The first-order valence-corrected chi connectivity index (χ1v) is 12.9. The van der Waals surface area contributed by atoms with Gasteiger partial charge >= 0.3 is 0 Å². The average molecular weight is 473 g/mol. The predicted octanol–water partition coefficient (Wildman–Crippen LogP) is 6.36. The molecular weight excluding hydrogens is 443 g/mol. The third kappa shape index (κ3) is 4.27. The number of aliphatic hydroxyl groups is 1. The lowest BCUT2D eigenvalue weighted by atomic mass is 9.78. The van der Waals surface area contributed by atoms with Crippen LogP contribution in [0.2, 0.25) is 0 Å². The first-order valence-electron chi connectivity index (χ1n) is 11.9. The Hall–Kier alpha value is -2.65. The fourth-order valence-corrected chi connectivity index (χ4v) is 6.61. The lowest BCUT2D eigenvalue weighted by molar-refractivity contribution is -0.0262. The van der Waals surface area contributed by atoms with Gasteiger partial charge in [0.25, 0.3) is 5.54 Å². The molecular formula is C29H29FN2OS. The van der Waals surface area contributed by atoms with Crippen LogP contribution in [-0.4, -0.2) is 29.6 Å². The molecule has 3 nitrogen and oxygen atoms in total. The molecule has 0 aliphatic carbocycles. The maximum Gasteiger partial charge on any atom is 0.283 e. The Balaban J connectivity index is 1.30. The van der Waals surface area contributed by atoms with Gasteiger partial charge in [0, 0.05) is 35.7 Å². The minimum atomic E-state index is -0.891. The summed E-state index contributed by atoms with van der Waals surface area (Å²) in [6, 6.07) is 23.0. The molecule has 5 rings (SSSR count). The van der Waals surface area contributed by atoms with E-state index in [0.29, 0.717) is 12.8 Å². The molecule has 1 fully saturated rings. The van der Waals surface area contributed by atoms with Crippen molar-refractivity contribution in [3.63, 3.8) is 0 Å². The molecule has 1 atom stereocenters. The molecule has 0 radical (unpaired) electrons. The van der Waals surface area contributed by atoms with Gasteiger partial charge in [0.05, 0.1) is 11.2 Å². The van der Waals surface area contributed by atoms with Crippen LogP contribution in [0.15, 0.2) is 77.7 Å². The smallest absolute Gasteiger partial charge is 0.283 e. The Bertz CT molecular complexity index is 1150. The first-order chi connectivity index (χ1) is 16.5. The van der Waals surface area contributed by atoms with Gasteiger partial charge in [-0.25, -0.2) is 11.0 Å². The van der Waals surface area contributed by atoms with E-state index >= 15 is 0 Å². The van der Waals surface area contributed by atoms with E-state index in [4.69, 9.17) is 6.57 Å². The second-order valence-corrected chi connectivity index (χ2v) is 10.4. The zero-order chi connectivity index (χ0) is 23.6. The molecule has 1 unspecified atom stereocenters. The van der Waals surface area contributed by atoms with Crippen LogP contribution in [-0.2, 0) is 16.9 Å². The average Bonchev–Trinajstić information content (AvgIpc) is 3.01. The summed E-state index contributed by atoms with van der Waals surface area (Å²) in [6.45, 7) is 10.8. The van der Waals surface area contributed by atoms with Crippen molar-refractivity contribution in [3.8, 4) is 0 Å². The molecule has 3 aromatic rings. The molecule has 0 aromatic heterocycles. The molecule has 2 aliphatic heterocycles. The summed E-state index contributed by atoms with van der Waals surface area (Å²) in [5.74, 6) is 0.608. The van der Waals surface area contributed by atoms with Crippen LogP contribution in [0.5, 0.6) is 0 Å². The van der Waals surface area contributed by atoms with Gasteiger partial charge in [-0.2, -0.15) is 0 Å². The van der Waals surface area contributed by atoms with E-state index < -0.39 is 11.1 Å². The van der Waals surface area contributed by atoms with Crippen molar-refractivity contribution >= 4 is 11.8 Å². The Labute approximate surface area is 205 Å². The van der Waals surface area contributed by atoms with E-state index in [1.54, 1.807) is 12.1 Å². The normalized spacial score (nSPS) is 21.7. The Kier molecular flexibility index (Phi) is 6.48. The molecule has 0 saturated carbocycles. The molecule has 34 heavy (non-hydrogen) atoms. The molecule has 0 amide bonds. The second-order valence-electron chi connectivity index (χ2n) is 9.40. The van der Waals surface area contributed by atoms with Gasteiger partial charge in [-0.05, 0) is 61.2 Å². The van der Waals surface area contributed by atoms with Crippen molar-refractivity contribution in [3.05, 3.63) is 112 Å². The standard InChI is InChI=1S/C29H29FN2OS/c1-31-29(25-8-3-2-7-22(25)21-34-27-10-5-4-9-26(27)29)15-6-18-32-19-16-28(33,17-20-32)23-11-13-24(30)14-12-23/h2-5,7-14,33H,6,15-21H2. The van der Waals surface area contributed by atoms with Crippen LogP contribution in [0, 0.1) is 12.4 Å². The number of thioether (sulfide) groups is 1. The van der Waals surface area contributed by atoms with Crippen molar-refractivity contribution < 1.29 is 9.50 Å². The van der Waals surface area contributed by atoms with Gasteiger partial charge in [-0.3, -0.25) is 4.85 Å². The van der Waals surface area contributed by atoms with Crippen LogP contribution in [0.4, 0.5) is 4.39 Å². The summed E-state index contributed by atoms with van der Waals surface area (Å²) in [7, 11) is 0. The van der Waals surface area contributed by atoms with Gasteiger partial charge in [0.2, 0.25) is 0 Å². The van der Waals surface area contributed by atoms with Crippen molar-refractivity contribution in [2.75, 3.05) is 19.6 Å². The Morgan fingerprint density at radius 1 is 0.941 bits per heavy atom. The quantitative estimate of drug-likeness (QED) is 0.438. The summed E-state index contributed by atoms with van der Waals surface area (Å²) in [5.41, 5.74) is 2.77. The highest BCUT2D eigenvalue weighted by molar-refractivity contribution is 7.98. The zero-order valence-corrected chi connectivity index (χ0v) is 20.0. The fourth-order valence-electron chi connectivity index (χ4n) is 5.48. The minimum Gasteiger partial charge on any atom is -0.385 e. The third-order valence-corrected chi connectivity index (χ3v) is 8.57. The number of rotatable bonds is 5. The summed E-state index contributed by atoms with van der Waals surface area (Å²) >= 11 is 1.82. The second kappa shape index (κ2) is 9.54. The van der Waals surface area contributed by atoms with E-state index in [-0.39, 0.29) is 5.82 Å². The van der Waals surface area contributed by atoms with Crippen molar-refractivity contribution in [1.29, 1.82) is 0 Å². The molecule has 0 spiro atoms. The number of halogens is 1. The number of hydrogen-bond donors (Lipinski definition) is 1. The van der Waals surface area contributed by atoms with E-state index in [1.807, 2.05) is 17.8 Å². The molecule has 1 N–H and O–H groups in total. The summed E-state index contributed by atoms with van der Waals surface area (Å²) in [4.78, 5) is 7.92. The Morgan fingerprint density at radius 3 is 2.35 bits per heavy atom. The van der Waals surface area contributed by atoms with Gasteiger partial charge in [-0.15, -0.1) is 11.8 Å². The van der Waals surface area contributed by atoms with Crippen molar-refractivity contribution in [1.82, 2.24) is 4.90 Å². The number of hydrogen-bond acceptors (Lipinski definition) is 3. The van der Waals surface area contributed by atoms with Gasteiger partial charge < -0.3 is 10.0 Å². The molecule has 2 heterocycles. The SMILES string of the molecule is [C-]#[N+]C1(CCCN2CCC(O)(c3ccc(F)cc3)CC2)c2ccccc2CSc2ccccc21. The number of benzene rings is 3. The van der Waals surface area contributed by atoms with Crippen LogP contribution in [0.1, 0.15) is 47.9 Å². The molecule has 1 saturated heterocycles. The summed E-state index contributed by atoms with van der Waals surface area (Å²) in [5, 5.41) is 11.1. The molecule has 5 heteroatoms. The van der Waals surface area contributed by atoms with Crippen LogP contribution in [0.25, 0.3) is 4.85 Å². The number of piperidine rings is 1. The number of fused-ring (bicyclic) bond motifs is 2. The van der Waals surface area contributed by atoms with Crippen molar-refractivity contribution in [2.45, 2.75) is 47.5 Å². The largest absolute Gasteiger partial charge is 0.385 e. The van der Waals surface area contributed by atoms with E-state index in [2.05, 4.69) is 52.2 Å². The van der Waals surface area contributed by atoms with Crippen LogP contribution < -0.4 is 0 Å². The third-order valence-electron chi connectivity index (χ3n) is 7.45. The maximum atomic E-state index is 13.3. The number of likely N-dealkylation sites (tertiary alicyclic amines) is 1. The minimum absolute atomic E-state index is 0.279. The maximum absolute atomic E-state index is 13.3. The van der Waals surface area contributed by atoms with Gasteiger partial charge in [0.15, 0.2) is 0 Å². The first kappa shape index (κ1) is 23.1. The predicted molar refractivity (Wildman–Crippen MR) is 135 cm³/mol. The fraction of sp³-hybridized carbons (Fsp3) is 0.345. The Morgan fingerprint density at radius 2 is 1.62 bits per heavy atom. The lowest BCUT2D eigenvalue weighted by Gasteiger charge is -2.38. The van der Waals surface area contributed by atoms with E-state index in [9.17, 15) is 9.50 Å². The highest BCUT2D eigenvalue weighted by Gasteiger charge is 2.45. The topological polar surface area (TPSA) is 27.8 Å². The molecule has 0 bridgehead atoms. The zero-order valence-electron chi connectivity index (χ0n) is 19.2. The van der Waals surface area contributed by atoms with Crippen LogP contribution >= 0.6 is 11.8 Å². The van der Waals surface area contributed by atoms with Crippen molar-refractivity contribution in [2.24, 2.45) is 0 Å². The highest BCUT2D eigenvalue weighted by atomic mass is 32.2. The molecule has 2 aliphatic rings. The van der Waals surface area contributed by atoms with Gasteiger partial charge in [0.1, 0.15) is 5.82 Å². The van der Waals surface area contributed by atoms with E-state index in [0.717, 1.165) is 54.9 Å². The molecule has 174 valence electrons. The lowest BCUT2D eigenvalue weighted by Crippen LogP contribution is -2.43.